The average molecular weight is 403 g/mol. The van der Waals surface area contributed by atoms with Crippen LogP contribution in [0, 0.1) is 6.92 Å². The fourth-order valence-electron chi connectivity index (χ4n) is 3.02. The van der Waals surface area contributed by atoms with Gasteiger partial charge >= 0.3 is 0 Å². The van der Waals surface area contributed by atoms with Gasteiger partial charge in [-0.05, 0) is 48.9 Å². The molecule has 1 aliphatic rings. The van der Waals surface area contributed by atoms with E-state index in [4.69, 9.17) is 21.1 Å². The minimum Gasteiger partial charge on any atom is -0.491 e. The summed E-state index contributed by atoms with van der Waals surface area (Å²) in [5.74, 6) is 0.449. The van der Waals surface area contributed by atoms with Crippen LogP contribution in [-0.2, 0) is 9.53 Å². The zero-order valence-electron chi connectivity index (χ0n) is 15.9. The van der Waals surface area contributed by atoms with Crippen molar-refractivity contribution in [2.24, 2.45) is 0 Å². The minimum atomic E-state index is -0.216. The second-order valence-electron chi connectivity index (χ2n) is 6.73. The van der Waals surface area contributed by atoms with Crippen LogP contribution in [-0.4, -0.2) is 49.1 Å². The number of aryl methyl sites for hydroxylation is 1. The molecule has 2 aromatic carbocycles. The Balaban J connectivity index is 1.60. The fourth-order valence-corrected chi connectivity index (χ4v) is 3.13. The smallest absolute Gasteiger partial charge is 0.254 e. The number of rotatable bonds is 5. The topological polar surface area (TPSA) is 67.9 Å². The number of hydrogen-bond donors (Lipinski definition) is 1. The molecule has 1 saturated heterocycles. The maximum absolute atomic E-state index is 12.8. The van der Waals surface area contributed by atoms with E-state index in [1.807, 2.05) is 19.1 Å². The second kappa shape index (κ2) is 9.08. The first-order chi connectivity index (χ1) is 13.4. The molecule has 2 amide bonds. The maximum atomic E-state index is 12.8. The van der Waals surface area contributed by atoms with Gasteiger partial charge < -0.3 is 19.7 Å². The van der Waals surface area contributed by atoms with Crippen LogP contribution in [0.15, 0.2) is 42.5 Å². The molecule has 1 aliphatic heterocycles. The summed E-state index contributed by atoms with van der Waals surface area (Å²) in [7, 11) is 0. The zero-order chi connectivity index (χ0) is 20.1. The van der Waals surface area contributed by atoms with E-state index in [2.05, 4.69) is 5.32 Å². The summed E-state index contributed by atoms with van der Waals surface area (Å²) in [5, 5.41) is 3.39. The lowest BCUT2D eigenvalue weighted by Gasteiger charge is -2.33. The van der Waals surface area contributed by atoms with Crippen molar-refractivity contribution in [1.29, 1.82) is 0 Å². The van der Waals surface area contributed by atoms with E-state index < -0.39 is 0 Å². The molecular weight excluding hydrogens is 380 g/mol. The molecule has 3 rings (SSSR count). The number of amides is 2. The summed E-state index contributed by atoms with van der Waals surface area (Å²) in [5.41, 5.74) is 2.07. The summed E-state index contributed by atoms with van der Waals surface area (Å²) < 4.78 is 11.6. The largest absolute Gasteiger partial charge is 0.491 e. The van der Waals surface area contributed by atoms with Gasteiger partial charge in [0.05, 0.1) is 13.2 Å². The van der Waals surface area contributed by atoms with Crippen molar-refractivity contribution in [3.63, 3.8) is 0 Å². The van der Waals surface area contributed by atoms with Gasteiger partial charge in [0.2, 0.25) is 5.91 Å². The van der Waals surface area contributed by atoms with Crippen molar-refractivity contribution < 1.29 is 19.1 Å². The molecule has 0 saturated carbocycles. The number of nitrogens with zero attached hydrogens (tertiary/aromatic N) is 1. The van der Waals surface area contributed by atoms with Gasteiger partial charge in [-0.25, -0.2) is 0 Å². The molecule has 6 nitrogen and oxygen atoms in total. The molecule has 1 N–H and O–H groups in total. The van der Waals surface area contributed by atoms with Gasteiger partial charge in [0.25, 0.3) is 5.91 Å². The number of hydrogen-bond acceptors (Lipinski definition) is 4. The molecule has 1 atom stereocenters. The lowest BCUT2D eigenvalue weighted by Crippen LogP contribution is -2.47. The highest BCUT2D eigenvalue weighted by Crippen LogP contribution is 2.22. The summed E-state index contributed by atoms with van der Waals surface area (Å²) in [6, 6.07) is 12.4. The third kappa shape index (κ3) is 5.24. The van der Waals surface area contributed by atoms with Crippen LogP contribution < -0.4 is 10.1 Å². The lowest BCUT2D eigenvalue weighted by atomic mass is 10.1. The molecule has 0 bridgehead atoms. The molecule has 148 valence electrons. The summed E-state index contributed by atoms with van der Waals surface area (Å²) in [4.78, 5) is 25.8. The Bertz CT molecular complexity index is 871. The number of morpholine rings is 1. The van der Waals surface area contributed by atoms with Crippen molar-refractivity contribution in [2.75, 3.05) is 31.6 Å². The van der Waals surface area contributed by atoms with Crippen LogP contribution in [0.1, 0.15) is 22.8 Å². The number of carbonyl (C=O) groups excluding carboxylic acids is 2. The van der Waals surface area contributed by atoms with Crippen molar-refractivity contribution in [3.8, 4) is 5.75 Å². The molecule has 7 heteroatoms. The summed E-state index contributed by atoms with van der Waals surface area (Å²) in [6.07, 6.45) is -0.216. The standard InChI is InChI=1S/C21H23ClN2O4/c1-14-10-18(6-7-20(14)22)28-13-19-12-24(8-9-27-19)21(26)16-4-3-5-17(11-16)23-15(2)25/h3-7,10-11,19H,8-9,12-13H2,1-2H3,(H,23,25). The zero-order valence-corrected chi connectivity index (χ0v) is 16.7. The van der Waals surface area contributed by atoms with Gasteiger partial charge in [0.1, 0.15) is 18.5 Å². The first-order valence-electron chi connectivity index (χ1n) is 9.10. The van der Waals surface area contributed by atoms with E-state index >= 15 is 0 Å². The Hall–Kier alpha value is -2.57. The van der Waals surface area contributed by atoms with Crippen LogP contribution in [0.2, 0.25) is 5.02 Å². The number of anilines is 1. The van der Waals surface area contributed by atoms with Crippen molar-refractivity contribution in [3.05, 3.63) is 58.6 Å². The van der Waals surface area contributed by atoms with Gasteiger partial charge in [-0.1, -0.05) is 17.7 Å². The third-order valence-electron chi connectivity index (χ3n) is 4.42. The van der Waals surface area contributed by atoms with Crippen LogP contribution >= 0.6 is 11.6 Å². The van der Waals surface area contributed by atoms with Gasteiger partial charge in [-0.15, -0.1) is 0 Å². The predicted molar refractivity (Wildman–Crippen MR) is 108 cm³/mol. The van der Waals surface area contributed by atoms with Crippen molar-refractivity contribution in [2.45, 2.75) is 20.0 Å². The van der Waals surface area contributed by atoms with Crippen LogP contribution in [0.5, 0.6) is 5.75 Å². The van der Waals surface area contributed by atoms with Gasteiger partial charge in [-0.3, -0.25) is 9.59 Å². The molecule has 1 fully saturated rings. The number of benzene rings is 2. The molecule has 28 heavy (non-hydrogen) atoms. The first-order valence-corrected chi connectivity index (χ1v) is 9.47. The second-order valence-corrected chi connectivity index (χ2v) is 7.14. The Labute approximate surface area is 169 Å². The van der Waals surface area contributed by atoms with E-state index in [0.717, 1.165) is 11.3 Å². The number of nitrogens with one attached hydrogen (secondary N) is 1. The molecule has 0 aromatic heterocycles. The Morgan fingerprint density at radius 2 is 2.11 bits per heavy atom. The van der Waals surface area contributed by atoms with E-state index in [1.165, 1.54) is 6.92 Å². The lowest BCUT2D eigenvalue weighted by molar-refractivity contribution is -0.114. The van der Waals surface area contributed by atoms with E-state index in [-0.39, 0.29) is 17.9 Å². The quantitative estimate of drug-likeness (QED) is 0.830. The summed E-state index contributed by atoms with van der Waals surface area (Å²) in [6.45, 7) is 5.10. The van der Waals surface area contributed by atoms with Crippen LogP contribution in [0.3, 0.4) is 0 Å². The van der Waals surface area contributed by atoms with Crippen LogP contribution in [0.25, 0.3) is 0 Å². The van der Waals surface area contributed by atoms with Crippen LogP contribution in [0.4, 0.5) is 5.69 Å². The normalized spacial score (nSPS) is 16.5. The highest BCUT2D eigenvalue weighted by atomic mass is 35.5. The highest BCUT2D eigenvalue weighted by Gasteiger charge is 2.25. The SMILES string of the molecule is CC(=O)Nc1cccc(C(=O)N2CCOC(COc3ccc(Cl)c(C)c3)C2)c1. The maximum Gasteiger partial charge on any atom is 0.254 e. The van der Waals surface area contributed by atoms with E-state index in [0.29, 0.717) is 42.6 Å². The molecule has 0 radical (unpaired) electrons. The van der Waals surface area contributed by atoms with Crippen molar-refractivity contribution >= 4 is 29.1 Å². The van der Waals surface area contributed by atoms with Crippen molar-refractivity contribution in [1.82, 2.24) is 4.90 Å². The third-order valence-corrected chi connectivity index (χ3v) is 4.85. The molecule has 0 aliphatic carbocycles. The summed E-state index contributed by atoms with van der Waals surface area (Å²) >= 11 is 6.03. The van der Waals surface area contributed by atoms with Gasteiger partial charge in [-0.2, -0.15) is 0 Å². The molecule has 1 heterocycles. The monoisotopic (exact) mass is 402 g/mol. The van der Waals surface area contributed by atoms with E-state index in [9.17, 15) is 9.59 Å². The Morgan fingerprint density at radius 3 is 2.86 bits per heavy atom. The predicted octanol–water partition coefficient (Wildman–Crippen LogP) is 3.53. The molecule has 0 spiro atoms. The van der Waals surface area contributed by atoms with E-state index in [1.54, 1.807) is 35.2 Å². The Morgan fingerprint density at radius 1 is 1.29 bits per heavy atom. The highest BCUT2D eigenvalue weighted by molar-refractivity contribution is 6.31. The molecule has 1 unspecified atom stereocenters. The number of halogens is 1. The number of ether oxygens (including phenoxy) is 2. The Kier molecular flexibility index (Phi) is 6.54. The first kappa shape index (κ1) is 20.2. The van der Waals surface area contributed by atoms with Gasteiger partial charge in [0, 0.05) is 29.7 Å². The van der Waals surface area contributed by atoms with Gasteiger partial charge in [0.15, 0.2) is 0 Å². The number of carbonyl (C=O) groups is 2. The molecule has 2 aromatic rings. The fraction of sp³-hybridized carbons (Fsp3) is 0.333. The molecular formula is C21H23ClN2O4. The minimum absolute atomic E-state index is 0.0946. The average Bonchev–Trinajstić information content (AvgIpc) is 2.68.